The van der Waals surface area contributed by atoms with Crippen molar-refractivity contribution in [2.75, 3.05) is 48.8 Å². The van der Waals surface area contributed by atoms with Crippen LogP contribution in [0, 0.1) is 0 Å². The van der Waals surface area contributed by atoms with E-state index in [9.17, 15) is 14.4 Å². The lowest BCUT2D eigenvalue weighted by molar-refractivity contribution is -0.116. The number of carbonyl (C=O) groups is 3. The van der Waals surface area contributed by atoms with E-state index in [0.717, 1.165) is 44.6 Å². The second-order valence-corrected chi connectivity index (χ2v) is 12.0. The first-order chi connectivity index (χ1) is 21.8. The Labute approximate surface area is 269 Å². The van der Waals surface area contributed by atoms with E-state index in [1.807, 2.05) is 13.8 Å². The molecule has 1 aliphatic heterocycles. The van der Waals surface area contributed by atoms with Gasteiger partial charge in [0, 0.05) is 42.5 Å². The molecule has 1 saturated heterocycles. The zero-order valence-electron chi connectivity index (χ0n) is 26.6. The number of ether oxygens (including phenoxy) is 2. The van der Waals surface area contributed by atoms with E-state index in [0.29, 0.717) is 39.5 Å². The maximum Gasteiger partial charge on any atom is 0.319 e. The molecule has 0 radical (unpaired) electrons. The molecule has 2 aromatic carbocycles. The Kier molecular flexibility index (Phi) is 12.6. The zero-order valence-corrected chi connectivity index (χ0v) is 27.4. The molecular formula is C33H44N6O5S. The molecule has 3 aromatic rings. The minimum atomic E-state index is -0.318. The summed E-state index contributed by atoms with van der Waals surface area (Å²) in [4.78, 5) is 46.1. The number of hydrogen-bond acceptors (Lipinski definition) is 8. The average molecular weight is 637 g/mol. The van der Waals surface area contributed by atoms with E-state index in [2.05, 4.69) is 25.8 Å². The summed E-state index contributed by atoms with van der Waals surface area (Å²) in [7, 11) is 1.52. The Hall–Kier alpha value is -4.16. The molecule has 12 heteroatoms. The van der Waals surface area contributed by atoms with Gasteiger partial charge in [-0.25, -0.2) is 9.78 Å². The van der Waals surface area contributed by atoms with Gasteiger partial charge in [0.15, 0.2) is 16.6 Å². The van der Waals surface area contributed by atoms with Gasteiger partial charge in [-0.2, -0.15) is 0 Å². The lowest BCUT2D eigenvalue weighted by Crippen LogP contribution is -2.37. The largest absolute Gasteiger partial charge is 0.493 e. The molecule has 3 N–H and O–H groups in total. The first-order valence-electron chi connectivity index (χ1n) is 15.6. The van der Waals surface area contributed by atoms with E-state index in [1.165, 1.54) is 43.9 Å². The number of thiazole rings is 1. The van der Waals surface area contributed by atoms with Gasteiger partial charge in [0.2, 0.25) is 11.0 Å². The summed E-state index contributed by atoms with van der Waals surface area (Å²) in [5.74, 6) is 0.528. The Bertz CT molecular complexity index is 1420. The number of anilines is 3. The monoisotopic (exact) mass is 636 g/mol. The van der Waals surface area contributed by atoms with Crippen molar-refractivity contribution < 1.29 is 23.9 Å². The van der Waals surface area contributed by atoms with Crippen LogP contribution < -0.4 is 30.3 Å². The van der Waals surface area contributed by atoms with Crippen LogP contribution in [0.4, 0.5) is 21.3 Å². The second-order valence-electron chi connectivity index (χ2n) is 11.0. The number of aromatic nitrogens is 1. The van der Waals surface area contributed by atoms with Crippen LogP contribution in [0.25, 0.3) is 0 Å². The highest BCUT2D eigenvalue weighted by Gasteiger charge is 2.17. The van der Waals surface area contributed by atoms with Gasteiger partial charge in [-0.15, -0.1) is 0 Å². The van der Waals surface area contributed by atoms with Gasteiger partial charge >= 0.3 is 6.03 Å². The Morgan fingerprint density at radius 3 is 2.40 bits per heavy atom. The van der Waals surface area contributed by atoms with Gasteiger partial charge in [0.1, 0.15) is 0 Å². The van der Waals surface area contributed by atoms with Gasteiger partial charge in [-0.05, 0) is 88.1 Å². The smallest absolute Gasteiger partial charge is 0.319 e. The van der Waals surface area contributed by atoms with E-state index in [1.54, 1.807) is 54.3 Å². The Balaban J connectivity index is 1.31. The number of nitrogens with zero attached hydrogens (tertiary/aromatic N) is 3. The fourth-order valence-corrected chi connectivity index (χ4v) is 5.89. The summed E-state index contributed by atoms with van der Waals surface area (Å²) in [5, 5.41) is 9.39. The summed E-state index contributed by atoms with van der Waals surface area (Å²) < 4.78 is 11.4. The molecule has 0 aliphatic carbocycles. The lowest BCUT2D eigenvalue weighted by atomic mass is 10.1. The topological polar surface area (TPSA) is 125 Å². The minimum Gasteiger partial charge on any atom is -0.493 e. The van der Waals surface area contributed by atoms with E-state index >= 15 is 0 Å². The summed E-state index contributed by atoms with van der Waals surface area (Å²) in [5.41, 5.74) is 1.78. The van der Waals surface area contributed by atoms with E-state index < -0.39 is 0 Å². The Morgan fingerprint density at radius 2 is 1.73 bits per heavy atom. The number of hydrogen-bond donors (Lipinski definition) is 3. The van der Waals surface area contributed by atoms with Crippen LogP contribution in [0.1, 0.15) is 69.7 Å². The number of rotatable bonds is 14. The third-order valence-corrected chi connectivity index (χ3v) is 8.57. The quantitative estimate of drug-likeness (QED) is 0.179. The molecule has 0 atom stereocenters. The molecule has 242 valence electrons. The molecule has 1 aromatic heterocycles. The molecule has 2 heterocycles. The second kappa shape index (κ2) is 16.8. The number of likely N-dealkylation sites (tertiary alicyclic amines) is 1. The van der Waals surface area contributed by atoms with Crippen molar-refractivity contribution in [2.24, 2.45) is 0 Å². The third kappa shape index (κ3) is 9.92. The van der Waals surface area contributed by atoms with Crippen LogP contribution in [0.5, 0.6) is 16.6 Å². The standard InChI is InChI=1S/C33H44N6O5S/c1-5-25(6-2)35-32(42)36-26-13-16-28(29(21-26)43-4)44-30-22-34-33(45-30)37-31(41)24-11-14-27(15-12-24)39(23(3)40)20-10-19-38-17-8-7-9-18-38/h11-16,21-22,25H,5-10,17-20H2,1-4H3,(H,34,37,41)(H2,35,36,42). The summed E-state index contributed by atoms with van der Waals surface area (Å²) in [6, 6.07) is 11.9. The highest BCUT2D eigenvalue weighted by Crippen LogP contribution is 2.37. The maximum absolute atomic E-state index is 12.9. The fourth-order valence-electron chi connectivity index (χ4n) is 5.21. The number of urea groups is 1. The minimum absolute atomic E-state index is 0.0220. The third-order valence-electron chi connectivity index (χ3n) is 7.78. The van der Waals surface area contributed by atoms with Crippen LogP contribution in [0.15, 0.2) is 48.7 Å². The average Bonchev–Trinajstić information content (AvgIpc) is 3.49. The van der Waals surface area contributed by atoms with Crippen LogP contribution in [0.3, 0.4) is 0 Å². The molecule has 4 rings (SSSR count). The molecule has 11 nitrogen and oxygen atoms in total. The first kappa shape index (κ1) is 33.7. The molecule has 0 bridgehead atoms. The molecule has 0 saturated carbocycles. The van der Waals surface area contributed by atoms with Crippen LogP contribution in [-0.2, 0) is 4.79 Å². The molecule has 0 unspecified atom stereocenters. The number of methoxy groups -OCH3 is 1. The molecule has 1 aliphatic rings. The SMILES string of the molecule is CCC(CC)NC(=O)Nc1ccc(Oc2cnc(NC(=O)c3ccc(N(CCCN4CCCCC4)C(C)=O)cc3)s2)c(OC)c1. The summed E-state index contributed by atoms with van der Waals surface area (Å²) in [6.45, 7) is 9.51. The zero-order chi connectivity index (χ0) is 32.2. The normalized spacial score (nSPS) is 13.3. The van der Waals surface area contributed by atoms with Crippen molar-refractivity contribution in [1.82, 2.24) is 15.2 Å². The van der Waals surface area contributed by atoms with Crippen molar-refractivity contribution >= 4 is 45.7 Å². The van der Waals surface area contributed by atoms with Crippen LogP contribution in [0.2, 0.25) is 0 Å². The van der Waals surface area contributed by atoms with Crippen LogP contribution >= 0.6 is 11.3 Å². The van der Waals surface area contributed by atoms with Gasteiger partial charge in [-0.3, -0.25) is 14.9 Å². The molecule has 0 spiro atoms. The molecule has 1 fully saturated rings. The number of carbonyl (C=O) groups excluding carboxylic acids is 3. The van der Waals surface area contributed by atoms with E-state index in [4.69, 9.17) is 9.47 Å². The molecular weight excluding hydrogens is 592 g/mol. The Morgan fingerprint density at radius 1 is 1.00 bits per heavy atom. The van der Waals surface area contributed by atoms with Crippen molar-refractivity contribution in [3.8, 4) is 16.6 Å². The van der Waals surface area contributed by atoms with Crippen LogP contribution in [-0.4, -0.2) is 67.1 Å². The maximum atomic E-state index is 12.9. The van der Waals surface area contributed by atoms with Crippen molar-refractivity contribution in [3.05, 3.63) is 54.2 Å². The summed E-state index contributed by atoms with van der Waals surface area (Å²) >= 11 is 1.17. The van der Waals surface area contributed by atoms with Gasteiger partial charge in [0.05, 0.1) is 13.3 Å². The lowest BCUT2D eigenvalue weighted by Gasteiger charge is -2.28. The summed E-state index contributed by atoms with van der Waals surface area (Å²) in [6.07, 6.45) is 7.92. The van der Waals surface area contributed by atoms with Gasteiger partial charge < -0.3 is 29.9 Å². The number of nitrogens with one attached hydrogen (secondary N) is 3. The van der Waals surface area contributed by atoms with E-state index in [-0.39, 0.29) is 23.9 Å². The van der Waals surface area contributed by atoms with Gasteiger partial charge in [-0.1, -0.05) is 31.6 Å². The van der Waals surface area contributed by atoms with Crippen molar-refractivity contribution in [3.63, 3.8) is 0 Å². The predicted molar refractivity (Wildman–Crippen MR) is 179 cm³/mol. The molecule has 45 heavy (non-hydrogen) atoms. The highest BCUT2D eigenvalue weighted by molar-refractivity contribution is 7.17. The highest BCUT2D eigenvalue weighted by atomic mass is 32.1. The fraction of sp³-hybridized carbons (Fsp3) is 0.455. The first-order valence-corrected chi connectivity index (χ1v) is 16.4. The predicted octanol–water partition coefficient (Wildman–Crippen LogP) is 6.74. The van der Waals surface area contributed by atoms with Gasteiger partial charge in [0.25, 0.3) is 5.91 Å². The van der Waals surface area contributed by atoms with Crippen molar-refractivity contribution in [1.29, 1.82) is 0 Å². The van der Waals surface area contributed by atoms with Crippen molar-refractivity contribution in [2.45, 2.75) is 65.3 Å². The molecule has 4 amide bonds. The number of amides is 4. The number of benzene rings is 2. The number of piperidine rings is 1.